The fourth-order valence-corrected chi connectivity index (χ4v) is 8.05. The number of hydrogen-bond donors (Lipinski definition) is 3. The minimum absolute atomic E-state index is 0.0402. The minimum Gasteiger partial charge on any atom is -0.379 e. The number of ether oxygens (including phenoxy) is 2. The third-order valence-corrected chi connectivity index (χ3v) is 10.9. The van der Waals surface area contributed by atoms with E-state index in [-0.39, 0.29) is 60.6 Å². The summed E-state index contributed by atoms with van der Waals surface area (Å²) in [7, 11) is 6.88. The molecule has 3 heterocycles. The Morgan fingerprint density at radius 3 is 2.50 bits per heavy atom. The molecule has 9 atom stereocenters. The Morgan fingerprint density at radius 2 is 1.89 bits per heavy atom. The van der Waals surface area contributed by atoms with Gasteiger partial charge in [-0.1, -0.05) is 27.2 Å². The first kappa shape index (κ1) is 35.8. The Hall–Kier alpha value is -3.03. The quantitative estimate of drug-likeness (QED) is 0.245. The maximum Gasteiger partial charge on any atom is 0.242 e. The van der Waals surface area contributed by atoms with E-state index >= 15 is 0 Å². The highest BCUT2D eigenvalue weighted by molar-refractivity contribution is 5.88. The van der Waals surface area contributed by atoms with E-state index in [1.807, 2.05) is 18.9 Å². The summed E-state index contributed by atoms with van der Waals surface area (Å²) in [5.74, 6) is -0.669. The monoisotopic (exact) mass is 645 g/mol. The molecule has 4 amide bonds. The van der Waals surface area contributed by atoms with Crippen LogP contribution in [0.4, 0.5) is 0 Å². The maximum atomic E-state index is 13.9. The van der Waals surface area contributed by atoms with Crippen molar-refractivity contribution in [2.24, 2.45) is 17.8 Å². The van der Waals surface area contributed by atoms with Crippen LogP contribution in [0.1, 0.15) is 71.4 Å². The van der Waals surface area contributed by atoms with Gasteiger partial charge in [0.15, 0.2) is 0 Å². The van der Waals surface area contributed by atoms with Gasteiger partial charge in [0.25, 0.3) is 0 Å². The summed E-state index contributed by atoms with van der Waals surface area (Å²) in [5, 5.41) is 12.6. The van der Waals surface area contributed by atoms with Gasteiger partial charge in [-0.25, -0.2) is 0 Å². The van der Waals surface area contributed by atoms with Crippen LogP contribution >= 0.6 is 0 Å². The van der Waals surface area contributed by atoms with Gasteiger partial charge in [0.2, 0.25) is 23.6 Å². The molecular formula is C33H55N7O6. The van der Waals surface area contributed by atoms with Crippen LogP contribution in [0.25, 0.3) is 0 Å². The van der Waals surface area contributed by atoms with Gasteiger partial charge in [0, 0.05) is 40.1 Å². The molecule has 258 valence electrons. The highest BCUT2D eigenvalue weighted by Gasteiger charge is 2.47. The van der Waals surface area contributed by atoms with E-state index < -0.39 is 18.1 Å². The molecular weight excluding hydrogens is 590 g/mol. The number of likely N-dealkylation sites (tertiary alicyclic amines) is 2. The van der Waals surface area contributed by atoms with Crippen LogP contribution in [-0.2, 0) is 35.2 Å². The molecule has 2 saturated heterocycles. The molecule has 1 aromatic rings. The van der Waals surface area contributed by atoms with Crippen LogP contribution in [-0.4, -0.2) is 126 Å². The second-order valence-electron chi connectivity index (χ2n) is 13.5. The summed E-state index contributed by atoms with van der Waals surface area (Å²) < 4.78 is 11.8. The number of piperidine rings is 1. The second kappa shape index (κ2) is 16.2. The first-order valence-electron chi connectivity index (χ1n) is 16.9. The highest BCUT2D eigenvalue weighted by Crippen LogP contribution is 2.41. The van der Waals surface area contributed by atoms with Crippen molar-refractivity contribution in [2.45, 2.75) is 109 Å². The molecule has 1 saturated carbocycles. The summed E-state index contributed by atoms with van der Waals surface area (Å²) in [4.78, 5) is 59.1. The number of carbonyl (C=O) groups is 4. The van der Waals surface area contributed by atoms with Gasteiger partial charge in [-0.05, 0) is 57.1 Å². The number of methoxy groups -OCH3 is 2. The maximum absolute atomic E-state index is 13.9. The lowest BCUT2D eigenvalue weighted by Gasteiger charge is -2.39. The SMILES string of the molecule is CCC(C)C(C(CC(=O)N1CCCC1C(OC)C(C)C(=O)NCc1cc[nH]n1)OC)N(C)C(=O)CNC(=O)C1C2CCC(C2)N1C. The van der Waals surface area contributed by atoms with Crippen molar-refractivity contribution in [3.63, 3.8) is 0 Å². The fourth-order valence-electron chi connectivity index (χ4n) is 8.05. The molecule has 3 fully saturated rings. The average molecular weight is 646 g/mol. The molecule has 1 aliphatic carbocycles. The second-order valence-corrected chi connectivity index (χ2v) is 13.5. The summed E-state index contributed by atoms with van der Waals surface area (Å²) >= 11 is 0. The zero-order chi connectivity index (χ0) is 33.5. The molecule has 9 unspecified atom stereocenters. The lowest BCUT2D eigenvalue weighted by atomic mass is 9.90. The Balaban J connectivity index is 1.37. The lowest BCUT2D eigenvalue weighted by molar-refractivity contribution is -0.146. The zero-order valence-corrected chi connectivity index (χ0v) is 28.7. The van der Waals surface area contributed by atoms with E-state index in [0.717, 1.165) is 44.2 Å². The normalized spacial score (nSPS) is 25.9. The fraction of sp³-hybridized carbons (Fsp3) is 0.788. The van der Waals surface area contributed by atoms with E-state index in [1.165, 1.54) is 0 Å². The Kier molecular flexibility index (Phi) is 12.6. The molecule has 3 aliphatic rings. The van der Waals surface area contributed by atoms with E-state index in [2.05, 4.69) is 39.6 Å². The van der Waals surface area contributed by atoms with Crippen molar-refractivity contribution >= 4 is 23.6 Å². The van der Waals surface area contributed by atoms with E-state index in [1.54, 1.807) is 38.4 Å². The number of likely N-dealkylation sites (N-methyl/N-ethyl adjacent to an activating group) is 2. The molecule has 4 rings (SSSR count). The number of aromatic amines is 1. The van der Waals surface area contributed by atoms with Gasteiger partial charge in [0.1, 0.15) is 0 Å². The van der Waals surface area contributed by atoms with Crippen molar-refractivity contribution in [1.82, 2.24) is 35.5 Å². The van der Waals surface area contributed by atoms with Gasteiger partial charge in [-0.3, -0.25) is 29.2 Å². The molecule has 1 aromatic heterocycles. The van der Waals surface area contributed by atoms with Crippen molar-refractivity contribution in [3.8, 4) is 0 Å². The van der Waals surface area contributed by atoms with Crippen molar-refractivity contribution in [2.75, 3.05) is 41.4 Å². The van der Waals surface area contributed by atoms with Crippen molar-refractivity contribution in [3.05, 3.63) is 18.0 Å². The number of aromatic nitrogens is 2. The first-order chi connectivity index (χ1) is 22.0. The number of H-pyrrole nitrogens is 1. The molecule has 2 aliphatic heterocycles. The average Bonchev–Trinajstić information content (AvgIpc) is 3.88. The molecule has 2 bridgehead atoms. The van der Waals surface area contributed by atoms with Crippen molar-refractivity contribution in [1.29, 1.82) is 0 Å². The van der Waals surface area contributed by atoms with E-state index in [9.17, 15) is 19.2 Å². The molecule has 13 heteroatoms. The summed E-state index contributed by atoms with van der Waals surface area (Å²) in [6, 6.07) is 1.44. The number of hydrogen-bond acceptors (Lipinski definition) is 8. The van der Waals surface area contributed by atoms with E-state index in [0.29, 0.717) is 25.0 Å². The number of fused-ring (bicyclic) bond motifs is 2. The number of nitrogens with zero attached hydrogens (tertiary/aromatic N) is 4. The molecule has 3 N–H and O–H groups in total. The van der Waals surface area contributed by atoms with Crippen LogP contribution in [0.3, 0.4) is 0 Å². The van der Waals surface area contributed by atoms with Crippen LogP contribution in [0.15, 0.2) is 12.3 Å². The standard InChI is InChI=1S/C33H55N7O6/c1-8-20(2)29(39(5)28(42)19-35-33(44)30-22-11-12-24(16-22)38(30)4)26(45-6)17-27(41)40-15-9-10-25(40)31(46-7)21(3)32(43)34-18-23-13-14-36-37-23/h13-14,20-22,24-26,29-31H,8-12,15-19H2,1-7H3,(H,34,43)(H,35,44)(H,36,37). The Labute approximate surface area is 273 Å². The Morgan fingerprint density at radius 1 is 1.13 bits per heavy atom. The third-order valence-electron chi connectivity index (χ3n) is 10.9. The van der Waals surface area contributed by atoms with Crippen LogP contribution < -0.4 is 10.6 Å². The molecule has 13 nitrogen and oxygen atoms in total. The van der Waals surface area contributed by atoms with Crippen LogP contribution in [0.2, 0.25) is 0 Å². The Bertz CT molecular complexity index is 1180. The van der Waals surface area contributed by atoms with E-state index in [4.69, 9.17) is 9.47 Å². The number of nitrogens with one attached hydrogen (secondary N) is 3. The first-order valence-corrected chi connectivity index (χ1v) is 16.9. The lowest BCUT2D eigenvalue weighted by Crippen LogP contribution is -2.55. The molecule has 46 heavy (non-hydrogen) atoms. The van der Waals surface area contributed by atoms with Gasteiger partial charge >= 0.3 is 0 Å². The largest absolute Gasteiger partial charge is 0.379 e. The zero-order valence-electron chi connectivity index (χ0n) is 28.7. The van der Waals surface area contributed by atoms with Crippen LogP contribution in [0.5, 0.6) is 0 Å². The van der Waals surface area contributed by atoms with Gasteiger partial charge in [-0.2, -0.15) is 5.10 Å². The number of rotatable bonds is 16. The summed E-state index contributed by atoms with van der Waals surface area (Å²) in [6.07, 6.45) is 6.29. The van der Waals surface area contributed by atoms with Gasteiger partial charge in [0.05, 0.1) is 61.5 Å². The topological polar surface area (TPSA) is 149 Å². The van der Waals surface area contributed by atoms with Gasteiger partial charge < -0.3 is 29.9 Å². The molecule has 0 spiro atoms. The highest BCUT2D eigenvalue weighted by atomic mass is 16.5. The number of carbonyl (C=O) groups excluding carboxylic acids is 4. The van der Waals surface area contributed by atoms with Crippen LogP contribution in [0, 0.1) is 17.8 Å². The smallest absolute Gasteiger partial charge is 0.242 e. The summed E-state index contributed by atoms with van der Waals surface area (Å²) in [6.45, 7) is 6.69. The minimum atomic E-state index is -0.555. The molecule has 0 radical (unpaired) electrons. The predicted octanol–water partition coefficient (Wildman–Crippen LogP) is 1.55. The summed E-state index contributed by atoms with van der Waals surface area (Å²) in [5.41, 5.74) is 0.729. The molecule has 0 aromatic carbocycles. The predicted molar refractivity (Wildman–Crippen MR) is 172 cm³/mol. The van der Waals surface area contributed by atoms with Gasteiger partial charge in [-0.15, -0.1) is 0 Å². The van der Waals surface area contributed by atoms with Crippen molar-refractivity contribution < 1.29 is 28.7 Å². The third kappa shape index (κ3) is 7.91. The number of amides is 4.